The average molecular weight is 286 g/mol. The van der Waals surface area contributed by atoms with Crippen LogP contribution in [0.25, 0.3) is 11.2 Å². The first kappa shape index (κ1) is 13.4. The van der Waals surface area contributed by atoms with Crippen molar-refractivity contribution in [3.05, 3.63) is 59.9 Å². The summed E-state index contributed by atoms with van der Waals surface area (Å²) in [7, 11) is 0. The van der Waals surface area contributed by atoms with Crippen molar-refractivity contribution >= 4 is 17.0 Å². The maximum atomic E-state index is 12.5. The monoisotopic (exact) mass is 286 g/mol. The number of benzene rings is 1. The molecule has 106 valence electrons. The number of hydrogen-bond acceptors (Lipinski definition) is 4. The number of rotatable bonds is 4. The summed E-state index contributed by atoms with van der Waals surface area (Å²) in [6, 6.07) is 9.86. The lowest BCUT2D eigenvalue weighted by atomic mass is 10.1. The Hall–Kier alpha value is -2.63. The summed E-state index contributed by atoms with van der Waals surface area (Å²) in [4.78, 5) is 12.6. The molecule has 0 bridgehead atoms. The molecule has 0 aliphatic heterocycles. The number of pyridine rings is 1. The molecular formula is C15H12F2N4. The van der Waals surface area contributed by atoms with E-state index in [0.717, 1.165) is 11.1 Å². The van der Waals surface area contributed by atoms with Gasteiger partial charge in [0.1, 0.15) is 11.3 Å². The topological polar surface area (TPSA) is 50.7 Å². The summed E-state index contributed by atoms with van der Waals surface area (Å²) in [6.07, 6.45) is 0.761. The van der Waals surface area contributed by atoms with Gasteiger partial charge in [0.25, 0.3) is 6.43 Å². The molecule has 0 saturated carbocycles. The first-order valence-electron chi connectivity index (χ1n) is 6.41. The second-order valence-corrected chi connectivity index (χ2v) is 4.49. The fourth-order valence-electron chi connectivity index (χ4n) is 1.93. The summed E-state index contributed by atoms with van der Waals surface area (Å²) in [5.41, 5.74) is 2.22. The number of alkyl halides is 2. The van der Waals surface area contributed by atoms with Crippen molar-refractivity contribution in [3.8, 4) is 0 Å². The second kappa shape index (κ2) is 5.78. The zero-order valence-corrected chi connectivity index (χ0v) is 11.0. The third-order valence-electron chi connectivity index (χ3n) is 3.04. The summed E-state index contributed by atoms with van der Waals surface area (Å²) < 4.78 is 24.9. The van der Waals surface area contributed by atoms with Crippen molar-refractivity contribution < 1.29 is 8.78 Å². The Morgan fingerprint density at radius 1 is 0.952 bits per heavy atom. The van der Waals surface area contributed by atoms with E-state index in [-0.39, 0.29) is 5.56 Å². The predicted molar refractivity (Wildman–Crippen MR) is 76.1 cm³/mol. The zero-order chi connectivity index (χ0) is 14.7. The third-order valence-corrected chi connectivity index (χ3v) is 3.04. The Bertz CT molecular complexity index is 744. The van der Waals surface area contributed by atoms with Crippen LogP contribution in [0.1, 0.15) is 17.6 Å². The van der Waals surface area contributed by atoms with Gasteiger partial charge in [-0.15, -0.1) is 0 Å². The Kier molecular flexibility index (Phi) is 3.68. The molecule has 4 nitrogen and oxygen atoms in total. The van der Waals surface area contributed by atoms with E-state index in [2.05, 4.69) is 20.3 Å². The van der Waals surface area contributed by atoms with E-state index in [9.17, 15) is 8.78 Å². The molecule has 0 aliphatic carbocycles. The minimum Gasteiger partial charge on any atom is -0.366 e. The number of fused-ring (bicyclic) bond motifs is 1. The fraction of sp³-hybridized carbons (Fsp3) is 0.133. The van der Waals surface area contributed by atoms with Crippen LogP contribution in [0.4, 0.5) is 14.6 Å². The molecule has 2 aromatic heterocycles. The van der Waals surface area contributed by atoms with Gasteiger partial charge >= 0.3 is 0 Å². The number of halogens is 2. The highest BCUT2D eigenvalue weighted by Gasteiger charge is 2.06. The van der Waals surface area contributed by atoms with Crippen LogP contribution in [-0.4, -0.2) is 15.0 Å². The van der Waals surface area contributed by atoms with Gasteiger partial charge in [-0.05, 0) is 17.7 Å². The molecule has 0 radical (unpaired) electrons. The molecule has 21 heavy (non-hydrogen) atoms. The lowest BCUT2D eigenvalue weighted by Crippen LogP contribution is -2.02. The molecule has 0 atom stereocenters. The van der Waals surface area contributed by atoms with Gasteiger partial charge in [-0.2, -0.15) is 0 Å². The molecule has 0 saturated heterocycles. The van der Waals surface area contributed by atoms with Gasteiger partial charge in [0.15, 0.2) is 5.65 Å². The molecule has 6 heteroatoms. The molecule has 0 amide bonds. The molecule has 0 fully saturated rings. The molecular weight excluding hydrogens is 274 g/mol. The summed E-state index contributed by atoms with van der Waals surface area (Å²) in [5.74, 6) is 0.668. The van der Waals surface area contributed by atoms with Crippen molar-refractivity contribution in [2.45, 2.75) is 13.0 Å². The van der Waals surface area contributed by atoms with Crippen molar-refractivity contribution in [1.82, 2.24) is 15.0 Å². The number of anilines is 1. The second-order valence-electron chi connectivity index (χ2n) is 4.49. The van der Waals surface area contributed by atoms with Crippen LogP contribution >= 0.6 is 0 Å². The van der Waals surface area contributed by atoms with Crippen LogP contribution < -0.4 is 5.32 Å². The zero-order valence-electron chi connectivity index (χ0n) is 11.0. The number of nitrogens with one attached hydrogen (secondary N) is 1. The van der Waals surface area contributed by atoms with Gasteiger partial charge in [-0.1, -0.05) is 24.3 Å². The smallest absolute Gasteiger partial charge is 0.263 e. The van der Waals surface area contributed by atoms with E-state index >= 15 is 0 Å². The maximum Gasteiger partial charge on any atom is 0.263 e. The molecule has 0 spiro atoms. The van der Waals surface area contributed by atoms with E-state index in [1.807, 2.05) is 12.1 Å². The van der Waals surface area contributed by atoms with Crippen LogP contribution in [0, 0.1) is 0 Å². The van der Waals surface area contributed by atoms with Crippen LogP contribution in [0.2, 0.25) is 0 Å². The molecule has 1 N–H and O–H groups in total. The Labute approximate surface area is 119 Å². The van der Waals surface area contributed by atoms with Gasteiger partial charge < -0.3 is 5.32 Å². The molecule has 0 aliphatic rings. The number of nitrogens with zero attached hydrogens (tertiary/aromatic N) is 3. The standard InChI is InChI=1S/C15H12F2N4/c16-14(17)11-3-1-10(2-4-11)9-20-13-6-5-12-15(21-13)19-8-7-18-12/h1-8,14H,9H2,(H,19,20,21). The van der Waals surface area contributed by atoms with Crippen molar-refractivity contribution in [2.24, 2.45) is 0 Å². The largest absolute Gasteiger partial charge is 0.366 e. The highest BCUT2D eigenvalue weighted by Crippen LogP contribution is 2.19. The summed E-state index contributed by atoms with van der Waals surface area (Å²) in [5, 5.41) is 3.14. The van der Waals surface area contributed by atoms with E-state index in [1.165, 1.54) is 12.1 Å². The molecule has 3 aromatic rings. The van der Waals surface area contributed by atoms with E-state index in [1.54, 1.807) is 24.5 Å². The van der Waals surface area contributed by atoms with Gasteiger partial charge in [-0.25, -0.2) is 18.7 Å². The van der Waals surface area contributed by atoms with Gasteiger partial charge in [0, 0.05) is 24.5 Å². The summed E-state index contributed by atoms with van der Waals surface area (Å²) >= 11 is 0. The van der Waals surface area contributed by atoms with Crippen LogP contribution in [0.3, 0.4) is 0 Å². The van der Waals surface area contributed by atoms with E-state index < -0.39 is 6.43 Å². The average Bonchev–Trinajstić information content (AvgIpc) is 2.53. The van der Waals surface area contributed by atoms with Crippen LogP contribution in [-0.2, 0) is 6.54 Å². The molecule has 3 rings (SSSR count). The van der Waals surface area contributed by atoms with Crippen molar-refractivity contribution in [1.29, 1.82) is 0 Å². The molecule has 2 heterocycles. The minimum absolute atomic E-state index is 0.0258. The molecule has 0 unspecified atom stereocenters. The van der Waals surface area contributed by atoms with Crippen LogP contribution in [0.15, 0.2) is 48.8 Å². The normalized spacial score (nSPS) is 11.0. The quantitative estimate of drug-likeness (QED) is 0.796. The first-order chi connectivity index (χ1) is 10.2. The Morgan fingerprint density at radius 3 is 2.48 bits per heavy atom. The highest BCUT2D eigenvalue weighted by molar-refractivity contribution is 5.71. The Balaban J connectivity index is 1.71. The first-order valence-corrected chi connectivity index (χ1v) is 6.41. The lowest BCUT2D eigenvalue weighted by molar-refractivity contribution is 0.151. The third kappa shape index (κ3) is 3.10. The van der Waals surface area contributed by atoms with E-state index in [0.29, 0.717) is 18.0 Å². The predicted octanol–water partition coefficient (Wildman–Crippen LogP) is 3.57. The van der Waals surface area contributed by atoms with Gasteiger partial charge in [0.2, 0.25) is 0 Å². The molecule has 1 aromatic carbocycles. The number of aromatic nitrogens is 3. The lowest BCUT2D eigenvalue weighted by Gasteiger charge is -2.07. The highest BCUT2D eigenvalue weighted by atomic mass is 19.3. The van der Waals surface area contributed by atoms with Gasteiger partial charge in [-0.3, -0.25) is 4.98 Å². The van der Waals surface area contributed by atoms with Crippen molar-refractivity contribution in [3.63, 3.8) is 0 Å². The SMILES string of the molecule is FC(F)c1ccc(CNc2ccc3nccnc3n2)cc1. The minimum atomic E-state index is -2.44. The van der Waals surface area contributed by atoms with E-state index in [4.69, 9.17) is 0 Å². The number of hydrogen-bond donors (Lipinski definition) is 1. The fourth-order valence-corrected chi connectivity index (χ4v) is 1.93. The summed E-state index contributed by atoms with van der Waals surface area (Å²) in [6.45, 7) is 0.502. The Morgan fingerprint density at radius 2 is 1.71 bits per heavy atom. The van der Waals surface area contributed by atoms with Gasteiger partial charge in [0.05, 0.1) is 0 Å². The van der Waals surface area contributed by atoms with Crippen molar-refractivity contribution in [2.75, 3.05) is 5.32 Å². The maximum absolute atomic E-state index is 12.5. The van der Waals surface area contributed by atoms with Crippen LogP contribution in [0.5, 0.6) is 0 Å².